The zero-order valence-corrected chi connectivity index (χ0v) is 12.6. The lowest BCUT2D eigenvalue weighted by atomic mass is 10.1. The fourth-order valence-corrected chi connectivity index (χ4v) is 2.89. The van der Waals surface area contributed by atoms with Gasteiger partial charge in [-0.15, -0.1) is 0 Å². The minimum Gasteiger partial charge on any atom is -0.435 e. The summed E-state index contributed by atoms with van der Waals surface area (Å²) in [6, 6.07) is 18.0. The van der Waals surface area contributed by atoms with E-state index in [1.165, 1.54) is 0 Å². The number of aromatic nitrogens is 2. The SMILES string of the molecule is Brc1nc(-c2ccccc2)oc1-c1c[nH]c2ccccc12. The van der Waals surface area contributed by atoms with Crippen molar-refractivity contribution in [3.05, 3.63) is 65.4 Å². The molecule has 4 rings (SSSR count). The van der Waals surface area contributed by atoms with Gasteiger partial charge in [-0.05, 0) is 34.1 Å². The summed E-state index contributed by atoms with van der Waals surface area (Å²) in [6.07, 6.45) is 1.95. The van der Waals surface area contributed by atoms with Gasteiger partial charge in [0.05, 0.1) is 0 Å². The van der Waals surface area contributed by atoms with Crippen molar-refractivity contribution in [2.24, 2.45) is 0 Å². The lowest BCUT2D eigenvalue weighted by molar-refractivity contribution is 0.589. The summed E-state index contributed by atoms with van der Waals surface area (Å²) in [7, 11) is 0. The number of benzene rings is 2. The van der Waals surface area contributed by atoms with Gasteiger partial charge in [0.1, 0.15) is 0 Å². The fourth-order valence-electron chi connectivity index (χ4n) is 2.43. The van der Waals surface area contributed by atoms with Gasteiger partial charge in [0.2, 0.25) is 5.89 Å². The van der Waals surface area contributed by atoms with Crippen LogP contribution in [0.5, 0.6) is 0 Å². The van der Waals surface area contributed by atoms with Gasteiger partial charge in [-0.3, -0.25) is 0 Å². The standard InChI is InChI=1S/C17H11BrN2O/c18-16-15(13-10-19-14-9-5-4-8-12(13)14)21-17(20-16)11-6-2-1-3-7-11/h1-10,19H. The van der Waals surface area contributed by atoms with Crippen molar-refractivity contribution in [2.45, 2.75) is 0 Å². The monoisotopic (exact) mass is 338 g/mol. The summed E-state index contributed by atoms with van der Waals surface area (Å²) in [5.74, 6) is 1.36. The molecule has 3 nitrogen and oxygen atoms in total. The minimum atomic E-state index is 0.614. The maximum atomic E-state index is 5.97. The molecule has 0 bridgehead atoms. The van der Waals surface area contributed by atoms with Crippen molar-refractivity contribution >= 4 is 26.8 Å². The molecule has 2 aromatic heterocycles. The van der Waals surface area contributed by atoms with Crippen molar-refractivity contribution in [3.63, 3.8) is 0 Å². The van der Waals surface area contributed by atoms with Crippen molar-refractivity contribution < 1.29 is 4.42 Å². The molecule has 0 saturated carbocycles. The molecule has 0 aliphatic heterocycles. The molecule has 0 unspecified atom stereocenters. The van der Waals surface area contributed by atoms with Gasteiger partial charge in [-0.2, -0.15) is 0 Å². The molecular weight excluding hydrogens is 328 g/mol. The van der Waals surface area contributed by atoms with Crippen LogP contribution in [0, 0.1) is 0 Å². The van der Waals surface area contributed by atoms with E-state index < -0.39 is 0 Å². The second-order valence-corrected chi connectivity index (χ2v) is 5.50. The number of oxazole rings is 1. The van der Waals surface area contributed by atoms with Crippen LogP contribution in [0.1, 0.15) is 0 Å². The normalized spacial score (nSPS) is 11.1. The maximum Gasteiger partial charge on any atom is 0.227 e. The van der Waals surface area contributed by atoms with Crippen molar-refractivity contribution in [1.29, 1.82) is 0 Å². The molecule has 0 fully saturated rings. The summed E-state index contributed by atoms with van der Waals surface area (Å²) in [5, 5.41) is 1.12. The topological polar surface area (TPSA) is 41.8 Å². The summed E-state index contributed by atoms with van der Waals surface area (Å²) in [5.41, 5.74) is 3.05. The smallest absolute Gasteiger partial charge is 0.227 e. The Morgan fingerprint density at radius 1 is 0.952 bits per heavy atom. The van der Waals surface area contributed by atoms with Crippen LogP contribution in [0.3, 0.4) is 0 Å². The van der Waals surface area contributed by atoms with Crippen LogP contribution in [0.15, 0.2) is 69.8 Å². The highest BCUT2D eigenvalue weighted by Gasteiger charge is 2.17. The van der Waals surface area contributed by atoms with Crippen LogP contribution in [0.2, 0.25) is 0 Å². The highest BCUT2D eigenvalue weighted by molar-refractivity contribution is 9.10. The van der Waals surface area contributed by atoms with E-state index in [1.807, 2.05) is 54.7 Å². The second kappa shape index (κ2) is 4.90. The maximum absolute atomic E-state index is 5.97. The number of nitrogens with zero attached hydrogens (tertiary/aromatic N) is 1. The molecule has 0 aliphatic rings. The lowest BCUT2D eigenvalue weighted by Gasteiger charge is -1.95. The Kier molecular flexibility index (Phi) is 2.89. The Morgan fingerprint density at radius 3 is 2.57 bits per heavy atom. The number of nitrogens with one attached hydrogen (secondary N) is 1. The van der Waals surface area contributed by atoms with E-state index in [0.717, 1.165) is 27.8 Å². The first-order chi connectivity index (χ1) is 10.3. The third kappa shape index (κ3) is 2.08. The highest BCUT2D eigenvalue weighted by atomic mass is 79.9. The summed E-state index contributed by atoms with van der Waals surface area (Å²) in [6.45, 7) is 0. The van der Waals surface area contributed by atoms with Crippen LogP contribution in [-0.4, -0.2) is 9.97 Å². The molecule has 4 heteroatoms. The lowest BCUT2D eigenvalue weighted by Crippen LogP contribution is -1.74. The molecule has 0 amide bonds. The third-order valence-electron chi connectivity index (χ3n) is 3.44. The third-order valence-corrected chi connectivity index (χ3v) is 3.98. The first kappa shape index (κ1) is 12.4. The number of aromatic amines is 1. The first-order valence-electron chi connectivity index (χ1n) is 6.61. The van der Waals surface area contributed by atoms with E-state index in [0.29, 0.717) is 10.5 Å². The van der Waals surface area contributed by atoms with Gasteiger partial charge in [0.15, 0.2) is 10.4 Å². The van der Waals surface area contributed by atoms with Gasteiger partial charge < -0.3 is 9.40 Å². The van der Waals surface area contributed by atoms with Crippen molar-refractivity contribution in [1.82, 2.24) is 9.97 Å². The summed E-state index contributed by atoms with van der Waals surface area (Å²) >= 11 is 3.50. The molecule has 0 spiro atoms. The van der Waals surface area contributed by atoms with Crippen molar-refractivity contribution in [2.75, 3.05) is 0 Å². The zero-order valence-electron chi connectivity index (χ0n) is 11.0. The number of fused-ring (bicyclic) bond motifs is 1. The van der Waals surface area contributed by atoms with Gasteiger partial charge in [0.25, 0.3) is 0 Å². The molecule has 0 aliphatic carbocycles. The Balaban J connectivity index is 1.88. The van der Waals surface area contributed by atoms with E-state index in [9.17, 15) is 0 Å². The number of hydrogen-bond acceptors (Lipinski definition) is 2. The molecule has 2 heterocycles. The molecule has 0 atom stereocenters. The van der Waals surface area contributed by atoms with E-state index in [-0.39, 0.29) is 0 Å². The van der Waals surface area contributed by atoms with Gasteiger partial charge >= 0.3 is 0 Å². The predicted molar refractivity (Wildman–Crippen MR) is 86.9 cm³/mol. The molecular formula is C17H11BrN2O. The zero-order chi connectivity index (χ0) is 14.2. The molecule has 21 heavy (non-hydrogen) atoms. The first-order valence-corrected chi connectivity index (χ1v) is 7.40. The van der Waals surface area contributed by atoms with Crippen LogP contribution < -0.4 is 0 Å². The van der Waals surface area contributed by atoms with Crippen LogP contribution >= 0.6 is 15.9 Å². The van der Waals surface area contributed by atoms with Crippen LogP contribution in [0.25, 0.3) is 33.7 Å². The molecule has 1 N–H and O–H groups in total. The van der Waals surface area contributed by atoms with Gasteiger partial charge in [0, 0.05) is 28.2 Å². The fraction of sp³-hybridized carbons (Fsp3) is 0. The molecule has 2 aromatic carbocycles. The average molecular weight is 339 g/mol. The highest BCUT2D eigenvalue weighted by Crippen LogP contribution is 2.36. The van der Waals surface area contributed by atoms with E-state index in [2.05, 4.69) is 32.0 Å². The van der Waals surface area contributed by atoms with Crippen molar-refractivity contribution in [3.8, 4) is 22.8 Å². The number of halogens is 1. The molecule has 102 valence electrons. The largest absolute Gasteiger partial charge is 0.435 e. The Labute approximate surface area is 129 Å². The predicted octanol–water partition coefficient (Wildman–Crippen LogP) is 5.25. The Hall–Kier alpha value is -2.33. The Bertz CT molecular complexity index is 909. The molecule has 0 saturated heterocycles. The van der Waals surface area contributed by atoms with Gasteiger partial charge in [-0.1, -0.05) is 36.4 Å². The second-order valence-electron chi connectivity index (χ2n) is 4.75. The molecule has 4 aromatic rings. The average Bonchev–Trinajstić information content (AvgIpc) is 3.11. The summed E-state index contributed by atoms with van der Waals surface area (Å²) in [4.78, 5) is 7.73. The molecule has 0 radical (unpaired) electrons. The number of rotatable bonds is 2. The van der Waals surface area contributed by atoms with Crippen LogP contribution in [-0.2, 0) is 0 Å². The quantitative estimate of drug-likeness (QED) is 0.542. The minimum absolute atomic E-state index is 0.614. The summed E-state index contributed by atoms with van der Waals surface area (Å²) < 4.78 is 6.69. The number of H-pyrrole nitrogens is 1. The number of para-hydroxylation sites is 1. The number of hydrogen-bond donors (Lipinski definition) is 1. The van der Waals surface area contributed by atoms with E-state index in [1.54, 1.807) is 0 Å². The van der Waals surface area contributed by atoms with Gasteiger partial charge in [-0.25, -0.2) is 4.98 Å². The van der Waals surface area contributed by atoms with Crippen LogP contribution in [0.4, 0.5) is 0 Å². The van der Waals surface area contributed by atoms with E-state index in [4.69, 9.17) is 4.42 Å². The van der Waals surface area contributed by atoms with E-state index >= 15 is 0 Å². The Morgan fingerprint density at radius 2 is 1.71 bits per heavy atom.